The Balaban J connectivity index is 2.05. The van der Waals surface area contributed by atoms with E-state index in [0.717, 1.165) is 0 Å². The molecule has 0 spiro atoms. The van der Waals surface area contributed by atoms with Crippen LogP contribution < -0.4 is 4.74 Å². The van der Waals surface area contributed by atoms with Crippen molar-refractivity contribution < 1.29 is 27.4 Å². The van der Waals surface area contributed by atoms with Crippen LogP contribution in [0.2, 0.25) is 0 Å². The van der Waals surface area contributed by atoms with Gasteiger partial charge in [0.2, 0.25) is 0 Å². The van der Waals surface area contributed by atoms with E-state index >= 15 is 0 Å². The third-order valence-corrected chi connectivity index (χ3v) is 3.15. The Kier molecular flexibility index (Phi) is 4.25. The molecule has 1 heterocycles. The zero-order chi connectivity index (χ0) is 15.6. The van der Waals surface area contributed by atoms with Crippen molar-refractivity contribution in [3.63, 3.8) is 0 Å². The lowest BCUT2D eigenvalue weighted by Crippen LogP contribution is -2.37. The normalized spacial score (nSPS) is 17.6. The largest absolute Gasteiger partial charge is 0.481 e. The molecular formula is C15H15F3O3. The molecule has 3 nitrogen and oxygen atoms in total. The Morgan fingerprint density at radius 1 is 1.48 bits per heavy atom. The van der Waals surface area contributed by atoms with Crippen molar-refractivity contribution >= 4 is 5.97 Å². The maximum atomic E-state index is 12.6. The maximum absolute atomic E-state index is 12.6. The lowest BCUT2D eigenvalue weighted by molar-refractivity contribution is -0.199. The van der Waals surface area contributed by atoms with E-state index in [1.807, 2.05) is 0 Å². The second-order valence-corrected chi connectivity index (χ2v) is 4.99. The van der Waals surface area contributed by atoms with Crippen LogP contribution in [0, 0.1) is 0 Å². The standard InChI is InChI=1S/C15H15F3O3/c1-9(2)14(19)20-8-10-3-5-12-11(7-10)4-6-13(21-12)15(16,17)18/h3,5,7,13H,1,4,6,8H2,2H3. The topological polar surface area (TPSA) is 35.5 Å². The first-order valence-corrected chi connectivity index (χ1v) is 6.45. The van der Waals surface area contributed by atoms with Gasteiger partial charge in [-0.2, -0.15) is 13.2 Å². The first kappa shape index (κ1) is 15.4. The lowest BCUT2D eigenvalue weighted by Gasteiger charge is -2.27. The highest BCUT2D eigenvalue weighted by Gasteiger charge is 2.43. The van der Waals surface area contributed by atoms with Gasteiger partial charge in [-0.3, -0.25) is 0 Å². The molecule has 1 aromatic carbocycles. The van der Waals surface area contributed by atoms with E-state index in [1.54, 1.807) is 19.1 Å². The van der Waals surface area contributed by atoms with Crippen LogP contribution in [-0.2, 0) is 22.6 Å². The number of alkyl halides is 3. The van der Waals surface area contributed by atoms with E-state index in [2.05, 4.69) is 6.58 Å². The predicted molar refractivity (Wildman–Crippen MR) is 69.8 cm³/mol. The number of fused-ring (bicyclic) bond motifs is 1. The van der Waals surface area contributed by atoms with Crippen LogP contribution in [0.4, 0.5) is 13.2 Å². The van der Waals surface area contributed by atoms with Gasteiger partial charge >= 0.3 is 12.1 Å². The zero-order valence-electron chi connectivity index (χ0n) is 11.5. The van der Waals surface area contributed by atoms with E-state index in [1.165, 1.54) is 6.07 Å². The highest BCUT2D eigenvalue weighted by Crippen LogP contribution is 2.35. The second kappa shape index (κ2) is 5.79. The minimum absolute atomic E-state index is 0.0572. The average molecular weight is 300 g/mol. The van der Waals surface area contributed by atoms with Crippen LogP contribution in [-0.4, -0.2) is 18.2 Å². The fourth-order valence-corrected chi connectivity index (χ4v) is 2.03. The summed E-state index contributed by atoms with van der Waals surface area (Å²) in [5.41, 5.74) is 1.70. The molecule has 1 aliphatic heterocycles. The summed E-state index contributed by atoms with van der Waals surface area (Å²) >= 11 is 0. The van der Waals surface area contributed by atoms with Crippen molar-refractivity contribution in [2.75, 3.05) is 0 Å². The van der Waals surface area contributed by atoms with E-state index < -0.39 is 18.2 Å². The van der Waals surface area contributed by atoms with Gasteiger partial charge in [-0.1, -0.05) is 12.6 Å². The molecule has 1 atom stereocenters. The van der Waals surface area contributed by atoms with E-state index in [0.29, 0.717) is 16.7 Å². The summed E-state index contributed by atoms with van der Waals surface area (Å²) in [7, 11) is 0. The summed E-state index contributed by atoms with van der Waals surface area (Å²) in [5, 5.41) is 0. The van der Waals surface area contributed by atoms with Crippen LogP contribution in [0.1, 0.15) is 24.5 Å². The van der Waals surface area contributed by atoms with Crippen molar-refractivity contribution in [2.24, 2.45) is 0 Å². The maximum Gasteiger partial charge on any atom is 0.425 e. The Labute approximate surface area is 120 Å². The summed E-state index contributed by atoms with van der Waals surface area (Å²) in [4.78, 5) is 11.3. The van der Waals surface area contributed by atoms with Crippen molar-refractivity contribution in [3.05, 3.63) is 41.5 Å². The van der Waals surface area contributed by atoms with Crippen LogP contribution >= 0.6 is 0 Å². The van der Waals surface area contributed by atoms with Crippen molar-refractivity contribution in [1.29, 1.82) is 0 Å². The number of ether oxygens (including phenoxy) is 2. The molecule has 21 heavy (non-hydrogen) atoms. The Hall–Kier alpha value is -1.98. The van der Waals surface area contributed by atoms with Crippen LogP contribution in [0.5, 0.6) is 5.75 Å². The number of rotatable bonds is 3. The molecule has 0 radical (unpaired) electrons. The highest BCUT2D eigenvalue weighted by atomic mass is 19.4. The molecule has 0 aliphatic carbocycles. The first-order valence-electron chi connectivity index (χ1n) is 6.45. The smallest absolute Gasteiger partial charge is 0.425 e. The number of esters is 1. The summed E-state index contributed by atoms with van der Waals surface area (Å²) in [6, 6.07) is 4.77. The fraction of sp³-hybridized carbons (Fsp3) is 0.400. The molecule has 0 fully saturated rings. The van der Waals surface area contributed by atoms with Gasteiger partial charge in [-0.15, -0.1) is 0 Å². The van der Waals surface area contributed by atoms with Crippen molar-refractivity contribution in [1.82, 2.24) is 0 Å². The van der Waals surface area contributed by atoms with Gasteiger partial charge < -0.3 is 9.47 Å². The molecule has 0 saturated carbocycles. The number of halogens is 3. The van der Waals surface area contributed by atoms with Crippen LogP contribution in [0.25, 0.3) is 0 Å². The van der Waals surface area contributed by atoms with Gasteiger partial charge in [-0.05, 0) is 43.0 Å². The van der Waals surface area contributed by atoms with Crippen LogP contribution in [0.15, 0.2) is 30.4 Å². The molecule has 6 heteroatoms. The number of aryl methyl sites for hydroxylation is 1. The van der Waals surface area contributed by atoms with Crippen molar-refractivity contribution in [3.8, 4) is 5.75 Å². The summed E-state index contributed by atoms with van der Waals surface area (Å²) < 4.78 is 47.8. The Morgan fingerprint density at radius 3 is 2.81 bits per heavy atom. The lowest BCUT2D eigenvalue weighted by atomic mass is 10.00. The molecule has 0 bridgehead atoms. The third-order valence-electron chi connectivity index (χ3n) is 3.15. The molecule has 1 aliphatic rings. The number of carbonyl (C=O) groups excluding carboxylic acids is 1. The Morgan fingerprint density at radius 2 is 2.19 bits per heavy atom. The molecule has 1 unspecified atom stereocenters. The third kappa shape index (κ3) is 3.77. The van der Waals surface area contributed by atoms with E-state index in [-0.39, 0.29) is 25.2 Å². The zero-order valence-corrected chi connectivity index (χ0v) is 11.5. The molecule has 114 valence electrons. The van der Waals surface area contributed by atoms with E-state index in [4.69, 9.17) is 9.47 Å². The van der Waals surface area contributed by atoms with Gasteiger partial charge in [0, 0.05) is 5.57 Å². The molecule has 1 aromatic rings. The van der Waals surface area contributed by atoms with Gasteiger partial charge in [0.05, 0.1) is 0 Å². The number of hydrogen-bond donors (Lipinski definition) is 0. The predicted octanol–water partition coefficient (Wildman–Crippen LogP) is 3.56. The number of carbonyl (C=O) groups is 1. The van der Waals surface area contributed by atoms with Gasteiger partial charge in [-0.25, -0.2) is 4.79 Å². The molecule has 0 saturated heterocycles. The van der Waals surface area contributed by atoms with Crippen LogP contribution in [0.3, 0.4) is 0 Å². The number of hydrogen-bond acceptors (Lipinski definition) is 3. The second-order valence-electron chi connectivity index (χ2n) is 4.99. The molecule has 0 amide bonds. The molecule has 0 N–H and O–H groups in total. The average Bonchev–Trinajstić information content (AvgIpc) is 2.42. The fourth-order valence-electron chi connectivity index (χ4n) is 2.03. The van der Waals surface area contributed by atoms with Gasteiger partial charge in [0.15, 0.2) is 6.10 Å². The van der Waals surface area contributed by atoms with Crippen molar-refractivity contribution in [2.45, 2.75) is 38.7 Å². The Bertz CT molecular complexity index is 564. The van der Waals surface area contributed by atoms with Gasteiger partial charge in [0.1, 0.15) is 12.4 Å². The minimum atomic E-state index is -4.35. The quantitative estimate of drug-likeness (QED) is 0.632. The summed E-state index contributed by atoms with van der Waals surface area (Å²) in [6.45, 7) is 5.07. The van der Waals surface area contributed by atoms with E-state index in [9.17, 15) is 18.0 Å². The molecule has 2 rings (SSSR count). The number of benzene rings is 1. The van der Waals surface area contributed by atoms with Gasteiger partial charge in [0.25, 0.3) is 0 Å². The SMILES string of the molecule is C=C(C)C(=O)OCc1ccc2c(c1)CCC(C(F)(F)F)O2. The minimum Gasteiger partial charge on any atom is -0.481 e. The summed E-state index contributed by atoms with van der Waals surface area (Å²) in [5.74, 6) is -0.264. The monoisotopic (exact) mass is 300 g/mol. The summed E-state index contributed by atoms with van der Waals surface area (Å²) in [6.07, 6.45) is -5.93. The molecular weight excluding hydrogens is 285 g/mol. The highest BCUT2D eigenvalue weighted by molar-refractivity contribution is 5.86. The first-order chi connectivity index (χ1) is 9.77. The molecule has 0 aromatic heterocycles.